The summed E-state index contributed by atoms with van der Waals surface area (Å²) in [5.74, 6) is 0.418. The fourth-order valence-electron chi connectivity index (χ4n) is 6.62. The summed E-state index contributed by atoms with van der Waals surface area (Å²) < 4.78 is 12.4. The minimum absolute atomic E-state index is 0.0742. The van der Waals surface area contributed by atoms with Crippen molar-refractivity contribution in [2.45, 2.75) is 64.8 Å². The van der Waals surface area contributed by atoms with E-state index < -0.39 is 11.9 Å². The summed E-state index contributed by atoms with van der Waals surface area (Å²) in [6.45, 7) is 8.66. The summed E-state index contributed by atoms with van der Waals surface area (Å²) in [6, 6.07) is -0.261. The van der Waals surface area contributed by atoms with Crippen LogP contribution in [-0.4, -0.2) is 110 Å². The van der Waals surface area contributed by atoms with Gasteiger partial charge < -0.3 is 24.0 Å². The van der Waals surface area contributed by atoms with Gasteiger partial charge in [0.1, 0.15) is 12.4 Å². The zero-order chi connectivity index (χ0) is 29.6. The first kappa shape index (κ1) is 31.3. The van der Waals surface area contributed by atoms with Crippen LogP contribution in [0, 0.1) is 17.8 Å². The summed E-state index contributed by atoms with van der Waals surface area (Å²) in [4.78, 5) is 35.3. The lowest BCUT2D eigenvalue weighted by molar-refractivity contribution is -0.870. The lowest BCUT2D eigenvalue weighted by Crippen LogP contribution is -2.45. The maximum absolute atomic E-state index is 13.8. The first-order chi connectivity index (χ1) is 19.6. The van der Waals surface area contributed by atoms with Gasteiger partial charge in [-0.05, 0) is 55.2 Å². The molecule has 1 aliphatic carbocycles. The van der Waals surface area contributed by atoms with Gasteiger partial charge in [-0.25, -0.2) is 4.99 Å². The third-order valence-electron chi connectivity index (χ3n) is 8.84. The number of quaternary nitrogens is 1. The number of carboxylic acids is 1. The van der Waals surface area contributed by atoms with E-state index in [2.05, 4.69) is 50.1 Å². The number of unbranched alkanes of at least 4 members (excludes halogenated alkanes) is 1. The molecule has 0 spiro atoms. The Morgan fingerprint density at radius 1 is 1.20 bits per heavy atom. The van der Waals surface area contributed by atoms with Gasteiger partial charge in [0, 0.05) is 51.1 Å². The first-order valence-corrected chi connectivity index (χ1v) is 15.5. The molecule has 41 heavy (non-hydrogen) atoms. The van der Waals surface area contributed by atoms with Crippen molar-refractivity contribution in [1.82, 2.24) is 9.80 Å². The Morgan fingerprint density at radius 2 is 1.98 bits per heavy atom. The van der Waals surface area contributed by atoms with Crippen LogP contribution >= 0.6 is 0 Å². The highest BCUT2D eigenvalue weighted by atomic mass is 16.5. The van der Waals surface area contributed by atoms with Crippen LogP contribution in [0.3, 0.4) is 0 Å². The Balaban J connectivity index is 1.53. The molecule has 0 saturated carbocycles. The molecule has 9 nitrogen and oxygen atoms in total. The molecule has 9 heteroatoms. The molecule has 1 unspecified atom stereocenters. The van der Waals surface area contributed by atoms with Crippen LogP contribution in [0.25, 0.3) is 0 Å². The van der Waals surface area contributed by atoms with Crippen molar-refractivity contribution in [3.8, 4) is 0 Å². The number of hydrogen-bond acceptors (Lipinski definition) is 6. The number of carbonyl (C=O) groups excluding carboxylic acids is 1. The molecule has 4 rings (SSSR count). The molecule has 0 bridgehead atoms. The molecule has 0 radical (unpaired) electrons. The van der Waals surface area contributed by atoms with E-state index in [1.54, 1.807) is 0 Å². The molecular formula is C32H51N4O5+. The standard InChI is InChI=1S/C32H50N4O5/c1-6-7-14-34(15-8-16-36(3,4)5)30(37)21-35-20-26(24-9-11-28-25(18-24)13-17-40-28)31(32(38)39)27(35)10-12-29-33-19-23(2)22-41-29/h11,18-19,24,26-27,31H,6-10,12-17,20-22H2,1-5H3/p+1/t24?,26-,27+,31-/m1/s1. The Kier molecular flexibility index (Phi) is 10.7. The van der Waals surface area contributed by atoms with E-state index in [1.165, 1.54) is 5.57 Å². The number of carboxylic acid groups (broad SMARTS) is 1. The Hall–Kier alpha value is -2.65. The molecule has 228 valence electrons. The SMILES string of the molecule is CCCCN(CCC[N+](C)(C)C)C(=O)CN1C[C@H](C2C=C3CCOC3=CC2)[C@@H](C(=O)O)[C@@H]1CCC1=NC=C(C)CO1. The average Bonchev–Trinajstić information content (AvgIpc) is 3.53. The van der Waals surface area contributed by atoms with E-state index in [9.17, 15) is 14.7 Å². The zero-order valence-electron chi connectivity index (χ0n) is 25.8. The number of ether oxygens (including phenoxy) is 2. The molecule has 4 atom stereocenters. The highest BCUT2D eigenvalue weighted by Crippen LogP contribution is 2.43. The summed E-state index contributed by atoms with van der Waals surface area (Å²) in [6.07, 6.45) is 12.0. The number of allylic oxidation sites excluding steroid dienone is 3. The molecule has 0 aromatic heterocycles. The molecule has 4 aliphatic rings. The van der Waals surface area contributed by atoms with E-state index >= 15 is 0 Å². The van der Waals surface area contributed by atoms with Crippen LogP contribution in [0.2, 0.25) is 0 Å². The summed E-state index contributed by atoms with van der Waals surface area (Å²) in [5, 5.41) is 10.6. The summed E-state index contributed by atoms with van der Waals surface area (Å²) >= 11 is 0. The second-order valence-corrected chi connectivity index (χ2v) is 13.2. The Morgan fingerprint density at radius 3 is 2.66 bits per heavy atom. The first-order valence-electron chi connectivity index (χ1n) is 15.5. The van der Waals surface area contributed by atoms with Crippen LogP contribution in [-0.2, 0) is 19.1 Å². The van der Waals surface area contributed by atoms with Crippen LogP contribution < -0.4 is 0 Å². The maximum atomic E-state index is 13.8. The molecule has 1 N–H and O–H groups in total. The molecule has 3 aliphatic heterocycles. The van der Waals surface area contributed by atoms with Gasteiger partial charge in [-0.2, -0.15) is 0 Å². The third kappa shape index (κ3) is 8.44. The van der Waals surface area contributed by atoms with Crippen molar-refractivity contribution in [1.29, 1.82) is 0 Å². The minimum atomic E-state index is -0.779. The van der Waals surface area contributed by atoms with Crippen molar-refractivity contribution in [3.63, 3.8) is 0 Å². The molecule has 0 aromatic rings. The molecule has 2 saturated heterocycles. The second kappa shape index (κ2) is 14.0. The fraction of sp³-hybridized carbons (Fsp3) is 0.719. The van der Waals surface area contributed by atoms with E-state index in [4.69, 9.17) is 9.47 Å². The number of aliphatic carboxylic acids is 1. The van der Waals surface area contributed by atoms with Gasteiger partial charge in [-0.15, -0.1) is 0 Å². The van der Waals surface area contributed by atoms with Crippen LogP contribution in [0.15, 0.2) is 40.2 Å². The predicted octanol–water partition coefficient (Wildman–Crippen LogP) is 4.08. The number of amides is 1. The monoisotopic (exact) mass is 571 g/mol. The smallest absolute Gasteiger partial charge is 0.308 e. The van der Waals surface area contributed by atoms with Crippen LogP contribution in [0.4, 0.5) is 0 Å². The molecule has 0 aromatic carbocycles. The number of aliphatic imine (C=N–C) groups is 1. The van der Waals surface area contributed by atoms with Crippen molar-refractivity contribution < 1.29 is 28.7 Å². The van der Waals surface area contributed by atoms with E-state index in [0.29, 0.717) is 38.5 Å². The topological polar surface area (TPSA) is 91.7 Å². The normalized spacial score (nSPS) is 26.3. The van der Waals surface area contributed by atoms with E-state index in [0.717, 1.165) is 67.6 Å². The molecule has 2 fully saturated rings. The lowest BCUT2D eigenvalue weighted by atomic mass is 9.76. The summed E-state index contributed by atoms with van der Waals surface area (Å²) in [7, 11) is 6.52. The van der Waals surface area contributed by atoms with Crippen molar-refractivity contribution in [2.24, 2.45) is 22.7 Å². The molecular weight excluding hydrogens is 520 g/mol. The van der Waals surface area contributed by atoms with Gasteiger partial charge in [0.25, 0.3) is 0 Å². The van der Waals surface area contributed by atoms with Crippen LogP contribution in [0.5, 0.6) is 0 Å². The average molecular weight is 572 g/mol. The van der Waals surface area contributed by atoms with Gasteiger partial charge in [0.2, 0.25) is 5.91 Å². The van der Waals surface area contributed by atoms with Gasteiger partial charge >= 0.3 is 5.97 Å². The number of likely N-dealkylation sites (tertiary alicyclic amines) is 1. The second-order valence-electron chi connectivity index (χ2n) is 13.2. The minimum Gasteiger partial charge on any atom is -0.493 e. The lowest BCUT2D eigenvalue weighted by Gasteiger charge is -2.31. The Labute approximate surface area is 246 Å². The fourth-order valence-corrected chi connectivity index (χ4v) is 6.62. The van der Waals surface area contributed by atoms with Gasteiger partial charge in [0.05, 0.1) is 46.8 Å². The number of hydrogen-bond donors (Lipinski definition) is 1. The number of fused-ring (bicyclic) bond motifs is 1. The van der Waals surface area contributed by atoms with Gasteiger partial charge in [-0.3, -0.25) is 14.5 Å². The van der Waals surface area contributed by atoms with E-state index in [1.807, 2.05) is 18.0 Å². The summed E-state index contributed by atoms with van der Waals surface area (Å²) in [5.41, 5.74) is 2.27. The molecule has 3 heterocycles. The largest absolute Gasteiger partial charge is 0.493 e. The maximum Gasteiger partial charge on any atom is 0.308 e. The number of rotatable bonds is 14. The van der Waals surface area contributed by atoms with E-state index in [-0.39, 0.29) is 30.3 Å². The highest BCUT2D eigenvalue weighted by Gasteiger charge is 2.49. The quantitative estimate of drug-likeness (QED) is 0.316. The predicted molar refractivity (Wildman–Crippen MR) is 160 cm³/mol. The molecule has 1 amide bonds. The Bertz CT molecular complexity index is 1070. The van der Waals surface area contributed by atoms with Crippen LogP contribution in [0.1, 0.15) is 58.8 Å². The van der Waals surface area contributed by atoms with Gasteiger partial charge in [0.15, 0.2) is 5.90 Å². The zero-order valence-corrected chi connectivity index (χ0v) is 25.8. The van der Waals surface area contributed by atoms with Crippen molar-refractivity contribution in [3.05, 3.63) is 35.3 Å². The van der Waals surface area contributed by atoms with Crippen molar-refractivity contribution >= 4 is 17.8 Å². The van der Waals surface area contributed by atoms with Gasteiger partial charge in [-0.1, -0.05) is 19.4 Å². The number of nitrogens with zero attached hydrogens (tertiary/aromatic N) is 4. The highest BCUT2D eigenvalue weighted by molar-refractivity contribution is 5.80. The third-order valence-corrected chi connectivity index (χ3v) is 8.84. The number of carbonyl (C=O) groups is 2. The van der Waals surface area contributed by atoms with Crippen molar-refractivity contribution in [2.75, 3.05) is 67.1 Å².